The van der Waals surface area contributed by atoms with Crippen molar-refractivity contribution in [1.82, 2.24) is 10.2 Å². The summed E-state index contributed by atoms with van der Waals surface area (Å²) < 4.78 is 5.95. The molecule has 0 heterocycles. The zero-order chi connectivity index (χ0) is 23.9. The average molecular weight is 479 g/mol. The number of fused-ring (bicyclic) bond motifs is 1. The second kappa shape index (κ2) is 11.4. The van der Waals surface area contributed by atoms with E-state index in [1.165, 1.54) is 6.42 Å². The molecular weight excluding hydrogens is 448 g/mol. The monoisotopic (exact) mass is 478 g/mol. The summed E-state index contributed by atoms with van der Waals surface area (Å²) in [6, 6.07) is 20.6. The van der Waals surface area contributed by atoms with Crippen LogP contribution >= 0.6 is 11.6 Å². The van der Waals surface area contributed by atoms with Crippen LogP contribution in [0.2, 0.25) is 5.02 Å². The van der Waals surface area contributed by atoms with Gasteiger partial charge in [-0.1, -0.05) is 79.4 Å². The minimum atomic E-state index is -0.635. The van der Waals surface area contributed by atoms with Crippen LogP contribution in [-0.2, 0) is 16.1 Å². The molecule has 1 N–H and O–H groups in total. The van der Waals surface area contributed by atoms with Crippen LogP contribution in [0.5, 0.6) is 5.75 Å². The summed E-state index contributed by atoms with van der Waals surface area (Å²) in [5.74, 6) is 0.264. The zero-order valence-electron chi connectivity index (χ0n) is 19.5. The molecule has 0 spiro atoms. The Bertz CT molecular complexity index is 1140. The van der Waals surface area contributed by atoms with Crippen molar-refractivity contribution in [3.05, 3.63) is 77.3 Å². The first kappa shape index (κ1) is 24.1. The Morgan fingerprint density at radius 1 is 1.03 bits per heavy atom. The molecule has 4 rings (SSSR count). The molecule has 2 amide bonds. The van der Waals surface area contributed by atoms with E-state index in [9.17, 15) is 9.59 Å². The van der Waals surface area contributed by atoms with E-state index >= 15 is 0 Å². The molecule has 0 bridgehead atoms. The molecule has 1 fully saturated rings. The predicted molar refractivity (Wildman–Crippen MR) is 136 cm³/mol. The van der Waals surface area contributed by atoms with Crippen LogP contribution in [-0.4, -0.2) is 35.4 Å². The van der Waals surface area contributed by atoms with Crippen molar-refractivity contribution < 1.29 is 14.3 Å². The number of benzene rings is 3. The number of amides is 2. The molecule has 0 unspecified atom stereocenters. The van der Waals surface area contributed by atoms with Gasteiger partial charge in [-0.15, -0.1) is 0 Å². The smallest absolute Gasteiger partial charge is 0.261 e. The van der Waals surface area contributed by atoms with Crippen LogP contribution in [0, 0.1) is 0 Å². The molecule has 1 saturated carbocycles. The Hall–Kier alpha value is -3.05. The Labute approximate surface area is 206 Å². The summed E-state index contributed by atoms with van der Waals surface area (Å²) in [4.78, 5) is 28.0. The van der Waals surface area contributed by atoms with Gasteiger partial charge in [0.15, 0.2) is 6.61 Å². The summed E-state index contributed by atoms with van der Waals surface area (Å²) in [6.07, 6.45) is 5.45. The molecule has 6 heteroatoms. The Balaban J connectivity index is 1.50. The molecule has 1 aliphatic rings. The van der Waals surface area contributed by atoms with Gasteiger partial charge in [-0.2, -0.15) is 0 Å². The van der Waals surface area contributed by atoms with Crippen LogP contribution in [0.15, 0.2) is 66.7 Å². The van der Waals surface area contributed by atoms with Gasteiger partial charge in [-0.05, 0) is 48.9 Å². The third-order valence-corrected chi connectivity index (χ3v) is 6.70. The summed E-state index contributed by atoms with van der Waals surface area (Å²) in [6.45, 7) is 1.89. The Morgan fingerprint density at radius 2 is 1.76 bits per heavy atom. The van der Waals surface area contributed by atoms with E-state index in [4.69, 9.17) is 16.3 Å². The maximum absolute atomic E-state index is 13.4. The van der Waals surface area contributed by atoms with E-state index in [0.29, 0.717) is 10.8 Å². The highest BCUT2D eigenvalue weighted by Gasteiger charge is 2.28. The number of halogens is 1. The van der Waals surface area contributed by atoms with Gasteiger partial charge in [0.1, 0.15) is 11.8 Å². The van der Waals surface area contributed by atoms with Gasteiger partial charge >= 0.3 is 0 Å². The Morgan fingerprint density at radius 3 is 2.56 bits per heavy atom. The molecular formula is C28H31ClN2O3. The van der Waals surface area contributed by atoms with Crippen LogP contribution in [0.25, 0.3) is 10.8 Å². The van der Waals surface area contributed by atoms with Crippen molar-refractivity contribution in [1.29, 1.82) is 0 Å². The lowest BCUT2D eigenvalue weighted by Crippen LogP contribution is -2.51. The van der Waals surface area contributed by atoms with Crippen LogP contribution in [0.1, 0.15) is 44.6 Å². The SMILES string of the molecule is C[C@@H](C(=O)NC1CCCCC1)N(Cc1cccc(Cl)c1)C(=O)COc1cccc2ccccc12. The fraction of sp³-hybridized carbons (Fsp3) is 0.357. The van der Waals surface area contributed by atoms with Crippen LogP contribution in [0.3, 0.4) is 0 Å². The van der Waals surface area contributed by atoms with Crippen molar-refractivity contribution in [2.75, 3.05) is 6.61 Å². The van der Waals surface area contributed by atoms with E-state index in [2.05, 4.69) is 5.32 Å². The fourth-order valence-electron chi connectivity index (χ4n) is 4.53. The van der Waals surface area contributed by atoms with Gasteiger partial charge in [0.2, 0.25) is 5.91 Å². The van der Waals surface area contributed by atoms with Gasteiger partial charge in [-0.3, -0.25) is 9.59 Å². The molecule has 1 aliphatic carbocycles. The largest absolute Gasteiger partial charge is 0.483 e. The first-order valence-electron chi connectivity index (χ1n) is 12.0. The van der Waals surface area contributed by atoms with Gasteiger partial charge in [0.25, 0.3) is 5.91 Å². The summed E-state index contributed by atoms with van der Waals surface area (Å²) in [5, 5.41) is 5.73. The lowest BCUT2D eigenvalue weighted by molar-refractivity contribution is -0.142. The quantitative estimate of drug-likeness (QED) is 0.449. The molecule has 178 valence electrons. The second-order valence-corrected chi connectivity index (χ2v) is 9.37. The van der Waals surface area contributed by atoms with Crippen LogP contribution in [0.4, 0.5) is 0 Å². The van der Waals surface area contributed by atoms with Crippen molar-refractivity contribution >= 4 is 34.2 Å². The molecule has 34 heavy (non-hydrogen) atoms. The molecule has 0 radical (unpaired) electrons. The van der Waals surface area contributed by atoms with Gasteiger partial charge in [0.05, 0.1) is 0 Å². The van der Waals surface area contributed by atoms with Gasteiger partial charge in [-0.25, -0.2) is 0 Å². The van der Waals surface area contributed by atoms with Gasteiger partial charge in [0, 0.05) is 23.0 Å². The van der Waals surface area contributed by atoms with Crippen molar-refractivity contribution in [2.45, 2.75) is 57.7 Å². The highest BCUT2D eigenvalue weighted by molar-refractivity contribution is 6.30. The number of hydrogen-bond donors (Lipinski definition) is 1. The van der Waals surface area contributed by atoms with Crippen molar-refractivity contribution in [3.8, 4) is 5.75 Å². The number of nitrogens with zero attached hydrogens (tertiary/aromatic N) is 1. The van der Waals surface area contributed by atoms with Gasteiger partial charge < -0.3 is 15.0 Å². The average Bonchev–Trinajstić information content (AvgIpc) is 2.86. The predicted octanol–water partition coefficient (Wildman–Crippen LogP) is 5.74. The van der Waals surface area contributed by atoms with Crippen LogP contribution < -0.4 is 10.1 Å². The molecule has 0 aliphatic heterocycles. The van der Waals surface area contributed by atoms with Crippen molar-refractivity contribution in [2.24, 2.45) is 0 Å². The molecule has 0 saturated heterocycles. The molecule has 1 atom stereocenters. The standard InChI is InChI=1S/C28H31ClN2O3/c1-20(28(33)30-24-13-3-2-4-14-24)31(18-21-9-7-12-23(29)17-21)27(32)19-34-26-16-8-11-22-10-5-6-15-25(22)26/h5-12,15-17,20,24H,2-4,13-14,18-19H2,1H3,(H,30,33)/t20-/m0/s1. The number of carbonyl (C=O) groups is 2. The second-order valence-electron chi connectivity index (χ2n) is 8.94. The van der Waals surface area contributed by atoms with E-state index in [0.717, 1.165) is 42.0 Å². The van der Waals surface area contributed by atoms with E-state index in [1.54, 1.807) is 17.9 Å². The third-order valence-electron chi connectivity index (χ3n) is 6.46. The molecule has 3 aromatic rings. The fourth-order valence-corrected chi connectivity index (χ4v) is 4.74. The lowest BCUT2D eigenvalue weighted by Gasteiger charge is -2.31. The molecule has 3 aromatic carbocycles. The number of nitrogens with one attached hydrogen (secondary N) is 1. The number of rotatable bonds is 8. The minimum Gasteiger partial charge on any atom is -0.483 e. The topological polar surface area (TPSA) is 58.6 Å². The summed E-state index contributed by atoms with van der Waals surface area (Å²) in [5.41, 5.74) is 0.864. The van der Waals surface area contributed by atoms with E-state index in [1.807, 2.05) is 60.7 Å². The van der Waals surface area contributed by atoms with E-state index in [-0.39, 0.29) is 31.0 Å². The summed E-state index contributed by atoms with van der Waals surface area (Å²) >= 11 is 6.17. The maximum atomic E-state index is 13.4. The normalized spacial score (nSPS) is 15.0. The summed E-state index contributed by atoms with van der Waals surface area (Å²) in [7, 11) is 0. The van der Waals surface area contributed by atoms with Crippen molar-refractivity contribution in [3.63, 3.8) is 0 Å². The lowest BCUT2D eigenvalue weighted by atomic mass is 9.95. The molecule has 5 nitrogen and oxygen atoms in total. The highest BCUT2D eigenvalue weighted by atomic mass is 35.5. The highest BCUT2D eigenvalue weighted by Crippen LogP contribution is 2.25. The first-order chi connectivity index (χ1) is 16.5. The number of hydrogen-bond acceptors (Lipinski definition) is 3. The maximum Gasteiger partial charge on any atom is 0.261 e. The minimum absolute atomic E-state index is 0.132. The van der Waals surface area contributed by atoms with E-state index < -0.39 is 6.04 Å². The molecule has 0 aromatic heterocycles. The first-order valence-corrected chi connectivity index (χ1v) is 12.3. The Kier molecular flexibility index (Phi) is 8.07. The third kappa shape index (κ3) is 6.09. The number of carbonyl (C=O) groups excluding carboxylic acids is 2. The zero-order valence-corrected chi connectivity index (χ0v) is 20.3. The number of ether oxygens (including phenoxy) is 1.